The highest BCUT2D eigenvalue weighted by molar-refractivity contribution is 5.98. The molecule has 1 aliphatic rings. The maximum Gasteiger partial charge on any atom is 0.416 e. The Morgan fingerprint density at radius 1 is 1.10 bits per heavy atom. The van der Waals surface area contributed by atoms with Crippen molar-refractivity contribution in [2.75, 3.05) is 18.4 Å². The quantitative estimate of drug-likeness (QED) is 0.653. The second-order valence-electron chi connectivity index (χ2n) is 8.23. The molecule has 8 heteroatoms. The van der Waals surface area contributed by atoms with Crippen LogP contribution in [0.4, 0.5) is 19.0 Å². The molecule has 1 atom stereocenters. The molecule has 2 aromatic heterocycles. The van der Waals surface area contributed by atoms with Crippen LogP contribution >= 0.6 is 0 Å². The minimum atomic E-state index is -4.36. The SMILES string of the molecule is CC(C)N1CCC[C@@H](Nc2nnc(-c3ccc(C(F)(F)F)cc3)c3ccn(C)c23)C1. The van der Waals surface area contributed by atoms with Crippen LogP contribution in [0.1, 0.15) is 32.3 Å². The van der Waals surface area contributed by atoms with Gasteiger partial charge < -0.3 is 9.88 Å². The Kier molecular flexibility index (Phi) is 5.44. The Morgan fingerprint density at radius 3 is 2.50 bits per heavy atom. The van der Waals surface area contributed by atoms with E-state index in [-0.39, 0.29) is 6.04 Å². The van der Waals surface area contributed by atoms with Gasteiger partial charge in [0.25, 0.3) is 0 Å². The molecule has 1 fully saturated rings. The zero-order chi connectivity index (χ0) is 21.5. The van der Waals surface area contributed by atoms with Crippen molar-refractivity contribution in [2.24, 2.45) is 7.05 Å². The molecule has 0 aliphatic carbocycles. The van der Waals surface area contributed by atoms with Crippen LogP contribution in [0.3, 0.4) is 0 Å². The lowest BCUT2D eigenvalue weighted by atomic mass is 10.0. The van der Waals surface area contributed by atoms with Gasteiger partial charge in [-0.05, 0) is 51.4 Å². The van der Waals surface area contributed by atoms with Crippen molar-refractivity contribution in [2.45, 2.75) is 44.9 Å². The summed E-state index contributed by atoms with van der Waals surface area (Å²) in [4.78, 5) is 2.45. The third-order valence-electron chi connectivity index (χ3n) is 5.81. The number of likely N-dealkylation sites (tertiary alicyclic amines) is 1. The van der Waals surface area contributed by atoms with E-state index < -0.39 is 11.7 Å². The number of aryl methyl sites for hydroxylation is 1. The summed E-state index contributed by atoms with van der Waals surface area (Å²) >= 11 is 0. The van der Waals surface area contributed by atoms with E-state index in [1.165, 1.54) is 12.1 Å². The Labute approximate surface area is 173 Å². The summed E-state index contributed by atoms with van der Waals surface area (Å²) < 4.78 is 40.6. The number of anilines is 1. The van der Waals surface area contributed by atoms with E-state index in [2.05, 4.69) is 34.3 Å². The molecule has 0 radical (unpaired) electrons. The molecule has 0 spiro atoms. The molecule has 1 N–H and O–H groups in total. The summed E-state index contributed by atoms with van der Waals surface area (Å²) in [6.07, 6.45) is -0.237. The molecule has 0 unspecified atom stereocenters. The summed E-state index contributed by atoms with van der Waals surface area (Å²) in [5.74, 6) is 0.712. The molecular weight excluding hydrogens is 391 g/mol. The van der Waals surface area contributed by atoms with E-state index in [4.69, 9.17) is 0 Å². The molecule has 30 heavy (non-hydrogen) atoms. The predicted octanol–water partition coefficient (Wildman–Crippen LogP) is 4.94. The highest BCUT2D eigenvalue weighted by atomic mass is 19.4. The topological polar surface area (TPSA) is 46.0 Å². The molecule has 1 saturated heterocycles. The lowest BCUT2D eigenvalue weighted by molar-refractivity contribution is -0.137. The average molecular weight is 417 g/mol. The second-order valence-corrected chi connectivity index (χ2v) is 8.23. The van der Waals surface area contributed by atoms with Gasteiger partial charge in [0, 0.05) is 42.8 Å². The molecule has 3 heterocycles. The van der Waals surface area contributed by atoms with Crippen LogP contribution in [0.2, 0.25) is 0 Å². The monoisotopic (exact) mass is 417 g/mol. The van der Waals surface area contributed by atoms with Gasteiger partial charge in [-0.15, -0.1) is 10.2 Å². The van der Waals surface area contributed by atoms with Crippen LogP contribution in [0.5, 0.6) is 0 Å². The Bertz CT molecular complexity index is 1020. The van der Waals surface area contributed by atoms with Crippen molar-refractivity contribution in [3.63, 3.8) is 0 Å². The number of fused-ring (bicyclic) bond motifs is 1. The number of benzene rings is 1. The predicted molar refractivity (Wildman–Crippen MR) is 112 cm³/mol. The molecule has 0 amide bonds. The number of aromatic nitrogens is 3. The number of rotatable bonds is 4. The van der Waals surface area contributed by atoms with Gasteiger partial charge in [0.05, 0.1) is 11.1 Å². The Hall–Kier alpha value is -2.61. The zero-order valence-corrected chi connectivity index (χ0v) is 17.4. The van der Waals surface area contributed by atoms with Crippen molar-refractivity contribution in [1.29, 1.82) is 0 Å². The fraction of sp³-hybridized carbons (Fsp3) is 0.455. The summed E-state index contributed by atoms with van der Waals surface area (Å²) in [7, 11) is 1.94. The van der Waals surface area contributed by atoms with Gasteiger partial charge in [-0.1, -0.05) is 12.1 Å². The Morgan fingerprint density at radius 2 is 1.83 bits per heavy atom. The van der Waals surface area contributed by atoms with Crippen LogP contribution in [-0.2, 0) is 13.2 Å². The number of piperidine rings is 1. The minimum Gasteiger partial charge on any atom is -0.363 e. The number of hydrogen-bond acceptors (Lipinski definition) is 4. The zero-order valence-electron chi connectivity index (χ0n) is 17.4. The van der Waals surface area contributed by atoms with Crippen LogP contribution < -0.4 is 5.32 Å². The second kappa shape index (κ2) is 7.91. The van der Waals surface area contributed by atoms with E-state index in [9.17, 15) is 13.2 Å². The first-order chi connectivity index (χ1) is 14.2. The van der Waals surface area contributed by atoms with Crippen LogP contribution in [-0.4, -0.2) is 44.8 Å². The molecule has 1 aliphatic heterocycles. The lowest BCUT2D eigenvalue weighted by Gasteiger charge is -2.36. The molecule has 5 nitrogen and oxygen atoms in total. The molecular formula is C22H26F3N5. The van der Waals surface area contributed by atoms with Gasteiger partial charge >= 0.3 is 6.18 Å². The molecule has 0 saturated carbocycles. The first-order valence-corrected chi connectivity index (χ1v) is 10.2. The molecule has 3 aromatic rings. The van der Waals surface area contributed by atoms with Crippen LogP contribution in [0, 0.1) is 0 Å². The summed E-state index contributed by atoms with van der Waals surface area (Å²) in [5.41, 5.74) is 1.43. The fourth-order valence-corrected chi connectivity index (χ4v) is 4.13. The van der Waals surface area contributed by atoms with Crippen molar-refractivity contribution >= 4 is 16.7 Å². The standard InChI is InChI=1S/C22H26F3N5/c1-14(2)30-11-4-5-17(13-30)26-21-20-18(10-12-29(20)3)19(27-28-21)15-6-8-16(9-7-15)22(23,24)25/h6-10,12,14,17H,4-5,11,13H2,1-3H3,(H,26,28)/t17-/m1/s1. The largest absolute Gasteiger partial charge is 0.416 e. The van der Waals surface area contributed by atoms with Gasteiger partial charge in [0.2, 0.25) is 0 Å². The molecule has 1 aromatic carbocycles. The first-order valence-electron chi connectivity index (χ1n) is 10.2. The number of halogens is 3. The van der Waals surface area contributed by atoms with E-state index in [1.54, 1.807) is 0 Å². The molecule has 4 rings (SSSR count). The first kappa shape index (κ1) is 20.7. The lowest BCUT2D eigenvalue weighted by Crippen LogP contribution is -2.45. The highest BCUT2D eigenvalue weighted by Crippen LogP contribution is 2.34. The maximum absolute atomic E-state index is 12.9. The van der Waals surface area contributed by atoms with Gasteiger partial charge in [-0.25, -0.2) is 0 Å². The number of hydrogen-bond donors (Lipinski definition) is 1. The van der Waals surface area contributed by atoms with Gasteiger partial charge in [0.1, 0.15) is 5.69 Å². The summed E-state index contributed by atoms with van der Waals surface area (Å²) in [5, 5.41) is 13.2. The highest BCUT2D eigenvalue weighted by Gasteiger charge is 2.30. The van der Waals surface area contributed by atoms with E-state index >= 15 is 0 Å². The average Bonchev–Trinajstić information content (AvgIpc) is 3.10. The number of nitrogens with zero attached hydrogens (tertiary/aromatic N) is 4. The summed E-state index contributed by atoms with van der Waals surface area (Å²) in [6.45, 7) is 6.47. The fourth-order valence-electron chi connectivity index (χ4n) is 4.13. The Balaban J connectivity index is 1.66. The molecule has 0 bridgehead atoms. The van der Waals surface area contributed by atoms with Gasteiger partial charge in [0.15, 0.2) is 5.82 Å². The van der Waals surface area contributed by atoms with Crippen LogP contribution in [0.25, 0.3) is 22.2 Å². The van der Waals surface area contributed by atoms with E-state index in [0.717, 1.165) is 49.0 Å². The number of nitrogens with one attached hydrogen (secondary N) is 1. The van der Waals surface area contributed by atoms with Gasteiger partial charge in [-0.3, -0.25) is 4.90 Å². The van der Waals surface area contributed by atoms with Crippen molar-refractivity contribution in [1.82, 2.24) is 19.7 Å². The minimum absolute atomic E-state index is 0.283. The maximum atomic E-state index is 12.9. The van der Waals surface area contributed by atoms with Crippen molar-refractivity contribution in [3.8, 4) is 11.3 Å². The normalized spacial score (nSPS) is 18.3. The van der Waals surface area contributed by atoms with Crippen molar-refractivity contribution < 1.29 is 13.2 Å². The third kappa shape index (κ3) is 4.01. The smallest absolute Gasteiger partial charge is 0.363 e. The summed E-state index contributed by atoms with van der Waals surface area (Å²) in [6, 6.07) is 7.79. The van der Waals surface area contributed by atoms with E-state index in [0.29, 0.717) is 23.1 Å². The van der Waals surface area contributed by atoms with Crippen LogP contribution in [0.15, 0.2) is 36.5 Å². The van der Waals surface area contributed by atoms with Gasteiger partial charge in [-0.2, -0.15) is 13.2 Å². The number of alkyl halides is 3. The third-order valence-corrected chi connectivity index (χ3v) is 5.81. The van der Waals surface area contributed by atoms with Crippen molar-refractivity contribution in [3.05, 3.63) is 42.1 Å². The molecule has 160 valence electrons. The van der Waals surface area contributed by atoms with E-state index in [1.807, 2.05) is 23.9 Å².